The van der Waals surface area contributed by atoms with Crippen molar-refractivity contribution in [3.63, 3.8) is 0 Å². The molecule has 0 aromatic carbocycles. The van der Waals surface area contributed by atoms with E-state index in [1.807, 2.05) is 0 Å². The summed E-state index contributed by atoms with van der Waals surface area (Å²) in [6.45, 7) is 17.4. The molecule has 0 spiro atoms. The number of rotatable bonds is 1. The van der Waals surface area contributed by atoms with Crippen molar-refractivity contribution in [3.8, 4) is 0 Å². The first-order valence-corrected chi connectivity index (χ1v) is 6.17. The Labute approximate surface area is 95.3 Å². The van der Waals surface area contributed by atoms with Crippen LogP contribution in [0.4, 0.5) is 0 Å². The summed E-state index contributed by atoms with van der Waals surface area (Å²) < 4.78 is 0. The molecule has 1 unspecified atom stereocenters. The van der Waals surface area contributed by atoms with E-state index in [-0.39, 0.29) is 5.41 Å². The van der Waals surface area contributed by atoms with Gasteiger partial charge < -0.3 is 5.32 Å². The monoisotopic (exact) mass is 209 g/mol. The van der Waals surface area contributed by atoms with Crippen molar-refractivity contribution in [1.29, 1.82) is 0 Å². The Balaban J connectivity index is 3.17. The highest BCUT2D eigenvalue weighted by atomic mass is 14.9. The number of nitrogens with one attached hydrogen (secondary N) is 1. The second kappa shape index (κ2) is 3.84. The van der Waals surface area contributed by atoms with Crippen molar-refractivity contribution in [2.75, 3.05) is 6.54 Å². The molecule has 1 aliphatic rings. The van der Waals surface area contributed by atoms with Gasteiger partial charge in [0.15, 0.2) is 0 Å². The third-order valence-corrected chi connectivity index (χ3v) is 3.25. The van der Waals surface area contributed by atoms with Gasteiger partial charge in [0.25, 0.3) is 0 Å². The first-order chi connectivity index (χ1) is 6.68. The molecule has 1 N–H and O–H groups in total. The van der Waals surface area contributed by atoms with E-state index in [2.05, 4.69) is 53.8 Å². The van der Waals surface area contributed by atoms with Crippen LogP contribution in [-0.4, -0.2) is 6.54 Å². The lowest BCUT2D eigenvalue weighted by Gasteiger charge is -2.31. The van der Waals surface area contributed by atoms with Crippen molar-refractivity contribution < 1.29 is 0 Å². The van der Waals surface area contributed by atoms with E-state index in [4.69, 9.17) is 0 Å². The Kier molecular flexibility index (Phi) is 3.23. The topological polar surface area (TPSA) is 12.0 Å². The molecule has 0 bridgehead atoms. The van der Waals surface area contributed by atoms with Crippen LogP contribution in [0.2, 0.25) is 0 Å². The van der Waals surface area contributed by atoms with Crippen LogP contribution in [0.15, 0.2) is 11.3 Å². The van der Waals surface area contributed by atoms with Gasteiger partial charge in [-0.25, -0.2) is 0 Å². The highest BCUT2D eigenvalue weighted by molar-refractivity contribution is 5.30. The van der Waals surface area contributed by atoms with Crippen LogP contribution in [-0.2, 0) is 0 Å². The van der Waals surface area contributed by atoms with E-state index in [9.17, 15) is 0 Å². The minimum absolute atomic E-state index is 0.256. The summed E-state index contributed by atoms with van der Waals surface area (Å²) >= 11 is 0. The number of hydrogen-bond acceptors (Lipinski definition) is 1. The van der Waals surface area contributed by atoms with Crippen LogP contribution in [0.25, 0.3) is 0 Å². The van der Waals surface area contributed by atoms with E-state index < -0.39 is 0 Å². The van der Waals surface area contributed by atoms with E-state index in [0.29, 0.717) is 5.41 Å². The molecule has 1 heteroatoms. The average molecular weight is 209 g/mol. The van der Waals surface area contributed by atoms with Gasteiger partial charge in [-0.2, -0.15) is 0 Å². The lowest BCUT2D eigenvalue weighted by Crippen LogP contribution is -2.23. The summed E-state index contributed by atoms with van der Waals surface area (Å²) in [5.74, 6) is 0.735. The molecule has 0 aromatic heterocycles. The summed E-state index contributed by atoms with van der Waals surface area (Å²) in [4.78, 5) is 0. The van der Waals surface area contributed by atoms with Gasteiger partial charge in [0.1, 0.15) is 0 Å². The molecule has 0 saturated heterocycles. The van der Waals surface area contributed by atoms with Gasteiger partial charge in [0.05, 0.1) is 0 Å². The molecule has 1 nitrogen and oxygen atoms in total. The number of allylic oxidation sites excluding steroid dienone is 1. The summed E-state index contributed by atoms with van der Waals surface area (Å²) in [7, 11) is 0. The smallest absolute Gasteiger partial charge is 0.0210 e. The Morgan fingerprint density at radius 3 is 1.93 bits per heavy atom. The maximum atomic E-state index is 3.63. The summed E-state index contributed by atoms with van der Waals surface area (Å²) in [6.07, 6.45) is 1.25. The van der Waals surface area contributed by atoms with Crippen LogP contribution in [0.1, 0.15) is 54.9 Å². The molecule has 1 heterocycles. The normalized spacial score (nSPS) is 23.3. The van der Waals surface area contributed by atoms with E-state index in [0.717, 1.165) is 12.5 Å². The van der Waals surface area contributed by atoms with E-state index in [1.165, 1.54) is 12.1 Å². The van der Waals surface area contributed by atoms with Crippen LogP contribution in [0.5, 0.6) is 0 Å². The first kappa shape index (κ1) is 12.6. The zero-order valence-electron chi connectivity index (χ0n) is 11.5. The molecule has 0 saturated carbocycles. The van der Waals surface area contributed by atoms with E-state index >= 15 is 0 Å². The maximum absolute atomic E-state index is 3.63. The minimum atomic E-state index is 0.256. The Morgan fingerprint density at radius 2 is 1.60 bits per heavy atom. The van der Waals surface area contributed by atoms with Gasteiger partial charge in [-0.05, 0) is 23.3 Å². The third kappa shape index (κ3) is 2.56. The summed E-state index contributed by atoms with van der Waals surface area (Å²) in [5.41, 5.74) is 3.69. The van der Waals surface area contributed by atoms with Gasteiger partial charge in [-0.15, -0.1) is 0 Å². The van der Waals surface area contributed by atoms with Crippen molar-refractivity contribution in [2.24, 2.45) is 16.7 Å². The standard InChI is InChI=1S/C14H27N/c1-8-10-9-15-12(14(5,6)7)11(10)13(2,3)4/h10,15H,8-9H2,1-7H3. The van der Waals surface area contributed by atoms with Crippen molar-refractivity contribution in [1.82, 2.24) is 5.32 Å². The molecule has 15 heavy (non-hydrogen) atoms. The van der Waals surface area contributed by atoms with Crippen LogP contribution >= 0.6 is 0 Å². The average Bonchev–Trinajstić information content (AvgIpc) is 2.44. The van der Waals surface area contributed by atoms with E-state index in [1.54, 1.807) is 5.57 Å². The van der Waals surface area contributed by atoms with Crippen LogP contribution in [0.3, 0.4) is 0 Å². The SMILES string of the molecule is CCC1CNC(C(C)(C)C)=C1C(C)(C)C. The molecule has 0 aromatic rings. The van der Waals surface area contributed by atoms with Gasteiger partial charge in [-0.3, -0.25) is 0 Å². The summed E-state index contributed by atoms with van der Waals surface area (Å²) in [6, 6.07) is 0. The Bertz CT molecular complexity index is 260. The first-order valence-electron chi connectivity index (χ1n) is 6.17. The predicted molar refractivity (Wildman–Crippen MR) is 67.7 cm³/mol. The highest BCUT2D eigenvalue weighted by Gasteiger charge is 2.36. The molecule has 1 aliphatic heterocycles. The largest absolute Gasteiger partial charge is 0.387 e. The quantitative estimate of drug-likeness (QED) is 0.689. The second-order valence-electron chi connectivity index (χ2n) is 6.77. The van der Waals surface area contributed by atoms with Gasteiger partial charge in [-0.1, -0.05) is 48.5 Å². The summed E-state index contributed by atoms with van der Waals surface area (Å²) in [5, 5.41) is 3.63. The second-order valence-corrected chi connectivity index (χ2v) is 6.77. The van der Waals surface area contributed by atoms with Crippen molar-refractivity contribution in [2.45, 2.75) is 54.9 Å². The molecular formula is C14H27N. The van der Waals surface area contributed by atoms with Gasteiger partial charge in [0, 0.05) is 17.7 Å². The van der Waals surface area contributed by atoms with Crippen LogP contribution in [0, 0.1) is 16.7 Å². The fourth-order valence-corrected chi connectivity index (χ4v) is 2.63. The molecular weight excluding hydrogens is 182 g/mol. The zero-order valence-corrected chi connectivity index (χ0v) is 11.5. The van der Waals surface area contributed by atoms with Crippen LogP contribution < -0.4 is 5.32 Å². The van der Waals surface area contributed by atoms with Crippen molar-refractivity contribution >= 4 is 0 Å². The Hall–Kier alpha value is -0.460. The van der Waals surface area contributed by atoms with Gasteiger partial charge in [0.2, 0.25) is 0 Å². The third-order valence-electron chi connectivity index (χ3n) is 3.25. The molecule has 0 fully saturated rings. The van der Waals surface area contributed by atoms with Crippen molar-refractivity contribution in [3.05, 3.63) is 11.3 Å². The molecule has 1 rings (SSSR count). The zero-order chi connectivity index (χ0) is 11.9. The highest BCUT2D eigenvalue weighted by Crippen LogP contribution is 2.43. The fourth-order valence-electron chi connectivity index (χ4n) is 2.63. The number of hydrogen-bond donors (Lipinski definition) is 1. The molecule has 1 atom stereocenters. The molecule has 0 amide bonds. The molecule has 88 valence electrons. The van der Waals surface area contributed by atoms with Gasteiger partial charge >= 0.3 is 0 Å². The molecule has 0 aliphatic carbocycles. The lowest BCUT2D eigenvalue weighted by atomic mass is 9.74. The maximum Gasteiger partial charge on any atom is 0.0210 e. The fraction of sp³-hybridized carbons (Fsp3) is 0.857. The minimum Gasteiger partial charge on any atom is -0.387 e. The predicted octanol–water partition coefficient (Wildman–Crippen LogP) is 3.96. The molecule has 0 radical (unpaired) electrons. The Morgan fingerprint density at radius 1 is 1.07 bits per heavy atom. The lowest BCUT2D eigenvalue weighted by molar-refractivity contribution is 0.413.